The van der Waals surface area contributed by atoms with Gasteiger partial charge in [-0.05, 0) is 6.92 Å². The number of hydrogen-bond donors (Lipinski definition) is 0. The molecule has 0 aliphatic heterocycles. The van der Waals surface area contributed by atoms with Gasteiger partial charge in [-0.25, -0.2) is 4.57 Å². The quantitative estimate of drug-likeness (QED) is 0.322. The van der Waals surface area contributed by atoms with E-state index in [2.05, 4.69) is 0 Å². The Morgan fingerprint density at radius 1 is 1.25 bits per heavy atom. The molecule has 0 aliphatic carbocycles. The lowest BCUT2D eigenvalue weighted by molar-refractivity contribution is 0.0815. The first-order chi connectivity index (χ1) is 7.68. The third-order valence-electron chi connectivity index (χ3n) is 1.43. The molecule has 6 nitrogen and oxygen atoms in total. The number of nitrogens with zero attached hydrogens (tertiary/aromatic N) is 1. The summed E-state index contributed by atoms with van der Waals surface area (Å²) in [6.07, 6.45) is 0.145. The zero-order valence-electron chi connectivity index (χ0n) is 9.68. The highest BCUT2D eigenvalue weighted by Gasteiger charge is 2.25. The summed E-state index contributed by atoms with van der Waals surface area (Å²) in [7, 11) is -1.67. The molecule has 0 spiro atoms. The maximum atomic E-state index is 11.8. The van der Waals surface area contributed by atoms with Gasteiger partial charge >= 0.3 is 7.82 Å². The molecular weight excluding hydrogens is 232 g/mol. The third kappa shape index (κ3) is 7.86. The van der Waals surface area contributed by atoms with E-state index in [9.17, 15) is 4.57 Å². The molecular formula is C8H17BNO5P. The van der Waals surface area contributed by atoms with Gasteiger partial charge < -0.3 is 4.74 Å². The van der Waals surface area contributed by atoms with E-state index in [1.165, 1.54) is 0 Å². The van der Waals surface area contributed by atoms with Crippen LogP contribution in [0.15, 0.2) is 0 Å². The molecule has 0 saturated carbocycles. The minimum atomic E-state index is -3.52. The Kier molecular flexibility index (Phi) is 9.59. The lowest BCUT2D eigenvalue weighted by atomic mass is 10.2. The maximum absolute atomic E-state index is 11.8. The average molecular weight is 249 g/mol. The monoisotopic (exact) mass is 249 g/mol. The first kappa shape index (κ1) is 15.6. The van der Waals surface area contributed by atoms with Crippen LogP contribution in [-0.4, -0.2) is 40.8 Å². The van der Waals surface area contributed by atoms with E-state index < -0.39 is 7.82 Å². The van der Waals surface area contributed by atoms with E-state index in [0.29, 0.717) is 13.1 Å². The molecule has 0 fully saturated rings. The fraction of sp³-hybridized carbons (Fsp3) is 0.875. The lowest BCUT2D eigenvalue weighted by Crippen LogP contribution is -2.07. The van der Waals surface area contributed by atoms with E-state index in [-0.39, 0.29) is 26.2 Å². The highest BCUT2D eigenvalue weighted by Crippen LogP contribution is 2.49. The van der Waals surface area contributed by atoms with Crippen LogP contribution in [0.5, 0.6) is 0 Å². The SMILES string of the molecule is BCOCCOP(=O)(OCC)OCCC#N. The summed E-state index contributed by atoms with van der Waals surface area (Å²) in [5.41, 5.74) is 0. The van der Waals surface area contributed by atoms with Crippen LogP contribution in [0, 0.1) is 11.3 Å². The van der Waals surface area contributed by atoms with Crippen molar-refractivity contribution in [3.8, 4) is 6.07 Å². The molecule has 8 heteroatoms. The average Bonchev–Trinajstić information content (AvgIpc) is 2.25. The third-order valence-corrected chi connectivity index (χ3v) is 3.00. The van der Waals surface area contributed by atoms with Crippen LogP contribution < -0.4 is 0 Å². The Labute approximate surface area is 96.8 Å². The van der Waals surface area contributed by atoms with Crippen LogP contribution in [0.2, 0.25) is 0 Å². The van der Waals surface area contributed by atoms with Crippen molar-refractivity contribution in [2.24, 2.45) is 0 Å². The van der Waals surface area contributed by atoms with Crippen LogP contribution in [0.3, 0.4) is 0 Å². The van der Waals surface area contributed by atoms with Crippen molar-refractivity contribution < 1.29 is 22.9 Å². The summed E-state index contributed by atoms with van der Waals surface area (Å²) in [6.45, 7) is 2.97. The molecule has 0 amide bonds. The summed E-state index contributed by atoms with van der Waals surface area (Å²) in [5, 5.41) is 8.32. The number of nitriles is 1. The fourth-order valence-electron chi connectivity index (χ4n) is 0.825. The maximum Gasteiger partial charge on any atom is 0.474 e. The normalized spacial score (nSPS) is 14.2. The van der Waals surface area contributed by atoms with Crippen LogP contribution in [-0.2, 0) is 22.9 Å². The Balaban J connectivity index is 3.92. The smallest absolute Gasteiger partial charge is 0.388 e. The van der Waals surface area contributed by atoms with Gasteiger partial charge in [0.15, 0.2) is 0 Å². The molecule has 0 radical (unpaired) electrons. The van der Waals surface area contributed by atoms with Crippen molar-refractivity contribution in [1.29, 1.82) is 5.26 Å². The lowest BCUT2D eigenvalue weighted by Gasteiger charge is -2.16. The second kappa shape index (κ2) is 9.82. The molecule has 0 aliphatic rings. The van der Waals surface area contributed by atoms with E-state index in [4.69, 9.17) is 23.6 Å². The molecule has 0 N–H and O–H groups in total. The molecule has 0 aromatic heterocycles. The van der Waals surface area contributed by atoms with Gasteiger partial charge in [0.05, 0.1) is 38.9 Å². The standard InChI is InChI=1S/C8H17BNO5P/c1-2-13-16(11,14-5-3-4-10)15-7-6-12-8-9/h2-3,5-9H2,1H3. The number of hydrogen-bond acceptors (Lipinski definition) is 6. The van der Waals surface area contributed by atoms with Crippen LogP contribution in [0.25, 0.3) is 0 Å². The van der Waals surface area contributed by atoms with Crippen LogP contribution in [0.1, 0.15) is 13.3 Å². The minimum Gasteiger partial charge on any atom is -0.388 e. The fourth-order valence-corrected chi connectivity index (χ4v) is 1.98. The van der Waals surface area contributed by atoms with Crippen molar-refractivity contribution >= 4 is 15.7 Å². The van der Waals surface area contributed by atoms with Gasteiger partial charge in [0.25, 0.3) is 0 Å². The molecule has 1 atom stereocenters. The second-order valence-electron chi connectivity index (χ2n) is 2.64. The van der Waals surface area contributed by atoms with Gasteiger partial charge in [-0.2, -0.15) is 5.26 Å². The van der Waals surface area contributed by atoms with Crippen molar-refractivity contribution in [1.82, 2.24) is 0 Å². The van der Waals surface area contributed by atoms with Gasteiger partial charge in [0, 0.05) is 6.51 Å². The first-order valence-corrected chi connectivity index (χ1v) is 6.63. The highest BCUT2D eigenvalue weighted by atomic mass is 31.2. The molecule has 1 unspecified atom stereocenters. The van der Waals surface area contributed by atoms with E-state index in [1.807, 2.05) is 13.9 Å². The number of ether oxygens (including phenoxy) is 1. The molecule has 0 bridgehead atoms. The molecule has 92 valence electrons. The Morgan fingerprint density at radius 3 is 2.50 bits per heavy atom. The molecule has 16 heavy (non-hydrogen) atoms. The topological polar surface area (TPSA) is 77.8 Å². The first-order valence-electron chi connectivity index (χ1n) is 5.17. The van der Waals surface area contributed by atoms with Crippen LogP contribution >= 0.6 is 7.82 Å². The van der Waals surface area contributed by atoms with Crippen LogP contribution in [0.4, 0.5) is 0 Å². The van der Waals surface area contributed by atoms with Gasteiger partial charge in [-0.1, -0.05) is 0 Å². The molecule has 0 rings (SSSR count). The van der Waals surface area contributed by atoms with E-state index in [1.54, 1.807) is 6.92 Å². The summed E-state index contributed by atoms with van der Waals surface area (Å²) in [4.78, 5) is 0. The molecule has 0 saturated heterocycles. The summed E-state index contributed by atoms with van der Waals surface area (Å²) in [5.74, 6) is 0. The number of phosphoric acid groups is 1. The minimum absolute atomic E-state index is 0.0302. The van der Waals surface area contributed by atoms with Crippen molar-refractivity contribution in [3.05, 3.63) is 0 Å². The van der Waals surface area contributed by atoms with Gasteiger partial charge in [0.2, 0.25) is 0 Å². The van der Waals surface area contributed by atoms with E-state index >= 15 is 0 Å². The summed E-state index contributed by atoms with van der Waals surface area (Å²) >= 11 is 0. The molecule has 0 heterocycles. The number of rotatable bonds is 10. The Morgan fingerprint density at radius 2 is 1.94 bits per heavy atom. The van der Waals surface area contributed by atoms with Crippen molar-refractivity contribution in [3.63, 3.8) is 0 Å². The van der Waals surface area contributed by atoms with Gasteiger partial charge in [-0.3, -0.25) is 13.6 Å². The summed E-state index contributed by atoms with van der Waals surface area (Å²) < 4.78 is 31.7. The number of phosphoric ester groups is 1. The zero-order chi connectivity index (χ0) is 12.3. The molecule has 0 aromatic rings. The zero-order valence-corrected chi connectivity index (χ0v) is 10.6. The van der Waals surface area contributed by atoms with Gasteiger partial charge in [-0.15, -0.1) is 0 Å². The largest absolute Gasteiger partial charge is 0.474 e. The highest BCUT2D eigenvalue weighted by molar-refractivity contribution is 7.48. The molecule has 0 aromatic carbocycles. The predicted octanol–water partition coefficient (Wildman–Crippen LogP) is 0.685. The Bertz CT molecular complexity index is 257. The van der Waals surface area contributed by atoms with Crippen molar-refractivity contribution in [2.75, 3.05) is 32.9 Å². The van der Waals surface area contributed by atoms with Gasteiger partial charge in [0.1, 0.15) is 7.85 Å². The van der Waals surface area contributed by atoms with Crippen molar-refractivity contribution in [2.45, 2.75) is 13.3 Å². The predicted molar refractivity (Wildman–Crippen MR) is 60.7 cm³/mol. The Hall–Kier alpha value is -0.375. The van der Waals surface area contributed by atoms with E-state index in [0.717, 1.165) is 0 Å². The summed E-state index contributed by atoms with van der Waals surface area (Å²) in [6, 6.07) is 1.88. The second-order valence-corrected chi connectivity index (χ2v) is 4.31.